The Balaban J connectivity index is 2.40. The molecule has 0 radical (unpaired) electrons. The van der Waals surface area contributed by atoms with Crippen LogP contribution in [0.5, 0.6) is 0 Å². The van der Waals surface area contributed by atoms with Crippen LogP contribution >= 0.6 is 0 Å². The molecule has 0 amide bonds. The molecule has 0 unspecified atom stereocenters. The number of para-hydroxylation sites is 1. The van der Waals surface area contributed by atoms with Gasteiger partial charge in [-0.3, -0.25) is 0 Å². The van der Waals surface area contributed by atoms with Crippen molar-refractivity contribution >= 4 is 11.5 Å². The maximum atomic E-state index is 5.75. The first-order valence-electron chi connectivity index (χ1n) is 5.68. The predicted octanol–water partition coefficient (Wildman–Crippen LogP) is 1.52. The summed E-state index contributed by atoms with van der Waals surface area (Å²) in [5.41, 5.74) is 7.95. The second kappa shape index (κ2) is 4.97. The molecule has 1 aromatic heterocycles. The average molecular weight is 231 g/mol. The maximum absolute atomic E-state index is 5.75. The van der Waals surface area contributed by atoms with Crippen LogP contribution in [-0.4, -0.2) is 22.0 Å². The van der Waals surface area contributed by atoms with Gasteiger partial charge in [0.25, 0.3) is 0 Å². The van der Waals surface area contributed by atoms with E-state index >= 15 is 0 Å². The van der Waals surface area contributed by atoms with Crippen molar-refractivity contribution in [3.05, 3.63) is 36.0 Å². The molecular weight excluding hydrogens is 214 g/mol. The minimum atomic E-state index is 0.522. The molecule has 0 aliphatic heterocycles. The summed E-state index contributed by atoms with van der Waals surface area (Å²) in [4.78, 5) is 2.06. The Hall–Kier alpha value is -1.88. The van der Waals surface area contributed by atoms with Gasteiger partial charge in [-0.2, -0.15) is 0 Å². The summed E-state index contributed by atoms with van der Waals surface area (Å²) in [7, 11) is 2.00. The molecule has 0 atom stereocenters. The van der Waals surface area contributed by atoms with Crippen LogP contribution < -0.4 is 10.6 Å². The number of hydrogen-bond acceptors (Lipinski definition) is 4. The highest BCUT2D eigenvalue weighted by atomic mass is 15.5. The van der Waals surface area contributed by atoms with Gasteiger partial charge in [0, 0.05) is 25.8 Å². The van der Waals surface area contributed by atoms with Crippen molar-refractivity contribution in [3.63, 3.8) is 0 Å². The third kappa shape index (κ3) is 2.14. The van der Waals surface area contributed by atoms with Crippen LogP contribution in [0.1, 0.15) is 12.5 Å². The van der Waals surface area contributed by atoms with Crippen LogP contribution in [-0.2, 0) is 13.1 Å². The summed E-state index contributed by atoms with van der Waals surface area (Å²) in [6, 6.07) is 8.08. The number of hydrogen-bond donors (Lipinski definition) is 1. The van der Waals surface area contributed by atoms with Crippen molar-refractivity contribution in [2.45, 2.75) is 20.0 Å². The highest BCUT2D eigenvalue weighted by Gasteiger charge is 2.12. The van der Waals surface area contributed by atoms with Gasteiger partial charge in [0.15, 0.2) is 5.82 Å². The number of aromatic nitrogens is 3. The maximum Gasteiger partial charge on any atom is 0.151 e. The summed E-state index contributed by atoms with van der Waals surface area (Å²) in [6.45, 7) is 3.36. The van der Waals surface area contributed by atoms with Gasteiger partial charge in [-0.1, -0.05) is 23.4 Å². The average Bonchev–Trinajstić information content (AvgIpc) is 2.86. The third-order valence-corrected chi connectivity index (χ3v) is 2.81. The first-order valence-corrected chi connectivity index (χ1v) is 5.68. The smallest absolute Gasteiger partial charge is 0.151 e. The van der Waals surface area contributed by atoms with E-state index in [1.807, 2.05) is 36.9 Å². The van der Waals surface area contributed by atoms with Gasteiger partial charge in [0.2, 0.25) is 0 Å². The zero-order chi connectivity index (χ0) is 12.3. The van der Waals surface area contributed by atoms with E-state index in [-0.39, 0.29) is 0 Å². The van der Waals surface area contributed by atoms with Gasteiger partial charge in [-0.25, -0.2) is 4.68 Å². The zero-order valence-electron chi connectivity index (χ0n) is 10.2. The second-order valence-corrected chi connectivity index (χ2v) is 3.80. The predicted molar refractivity (Wildman–Crippen MR) is 68.1 cm³/mol. The van der Waals surface area contributed by atoms with Gasteiger partial charge in [0.1, 0.15) is 0 Å². The molecule has 5 heteroatoms. The quantitative estimate of drug-likeness (QED) is 0.866. The highest BCUT2D eigenvalue weighted by molar-refractivity contribution is 5.62. The molecule has 0 saturated carbocycles. The standard InChI is InChI=1S/C12H17N5/c1-3-17-12(9-14-15-17)16(2)11-7-5-4-6-10(11)8-13/h4-7,9H,3,8,13H2,1-2H3. The summed E-state index contributed by atoms with van der Waals surface area (Å²) in [5, 5.41) is 7.97. The van der Waals surface area contributed by atoms with E-state index in [2.05, 4.69) is 21.3 Å². The fourth-order valence-corrected chi connectivity index (χ4v) is 1.87. The van der Waals surface area contributed by atoms with Crippen LogP contribution in [0.25, 0.3) is 0 Å². The van der Waals surface area contributed by atoms with E-state index in [0.29, 0.717) is 6.54 Å². The Labute approximate surface area is 101 Å². The molecule has 0 saturated heterocycles. The lowest BCUT2D eigenvalue weighted by Crippen LogP contribution is -2.17. The minimum absolute atomic E-state index is 0.522. The molecule has 1 aromatic carbocycles. The van der Waals surface area contributed by atoms with Crippen LogP contribution in [0.15, 0.2) is 30.5 Å². The Morgan fingerprint density at radius 2 is 2.12 bits per heavy atom. The summed E-state index contributed by atoms with van der Waals surface area (Å²) >= 11 is 0. The molecule has 0 fully saturated rings. The Kier molecular flexibility index (Phi) is 3.39. The van der Waals surface area contributed by atoms with E-state index in [1.165, 1.54) is 0 Å². The number of nitrogens with two attached hydrogens (primary N) is 1. The van der Waals surface area contributed by atoms with Crippen LogP contribution in [0.3, 0.4) is 0 Å². The molecule has 2 rings (SSSR count). The van der Waals surface area contributed by atoms with Gasteiger partial charge in [0.05, 0.1) is 6.20 Å². The molecule has 2 aromatic rings. The lowest BCUT2D eigenvalue weighted by atomic mass is 10.1. The fraction of sp³-hybridized carbons (Fsp3) is 0.333. The number of aryl methyl sites for hydroxylation is 1. The lowest BCUT2D eigenvalue weighted by Gasteiger charge is -2.21. The first kappa shape index (κ1) is 11.6. The molecule has 1 heterocycles. The topological polar surface area (TPSA) is 60.0 Å². The molecule has 0 aliphatic carbocycles. The summed E-state index contributed by atoms with van der Waals surface area (Å²) in [6.07, 6.45) is 1.76. The second-order valence-electron chi connectivity index (χ2n) is 3.80. The molecule has 90 valence electrons. The minimum Gasteiger partial charge on any atom is -0.328 e. The lowest BCUT2D eigenvalue weighted by molar-refractivity contribution is 0.626. The van der Waals surface area contributed by atoms with Gasteiger partial charge < -0.3 is 10.6 Å². The molecular formula is C12H17N5. The monoisotopic (exact) mass is 231 g/mol. The van der Waals surface area contributed by atoms with Crippen molar-refractivity contribution in [2.24, 2.45) is 5.73 Å². The van der Waals surface area contributed by atoms with Gasteiger partial charge >= 0.3 is 0 Å². The van der Waals surface area contributed by atoms with Gasteiger partial charge in [-0.05, 0) is 18.6 Å². The third-order valence-electron chi connectivity index (χ3n) is 2.81. The number of benzene rings is 1. The van der Waals surface area contributed by atoms with Crippen molar-refractivity contribution in [3.8, 4) is 0 Å². The fourth-order valence-electron chi connectivity index (χ4n) is 1.87. The molecule has 17 heavy (non-hydrogen) atoms. The molecule has 2 N–H and O–H groups in total. The van der Waals surface area contributed by atoms with E-state index in [0.717, 1.165) is 23.6 Å². The number of nitrogens with zero attached hydrogens (tertiary/aromatic N) is 4. The van der Waals surface area contributed by atoms with Crippen LogP contribution in [0.4, 0.5) is 11.5 Å². The molecule has 0 bridgehead atoms. The number of anilines is 2. The SMILES string of the molecule is CCn1nncc1N(C)c1ccccc1CN. The summed E-state index contributed by atoms with van der Waals surface area (Å²) < 4.78 is 1.85. The van der Waals surface area contributed by atoms with Crippen molar-refractivity contribution in [1.82, 2.24) is 15.0 Å². The van der Waals surface area contributed by atoms with E-state index < -0.39 is 0 Å². The normalized spacial score (nSPS) is 10.5. The molecule has 5 nitrogen and oxygen atoms in total. The van der Waals surface area contributed by atoms with Crippen LogP contribution in [0, 0.1) is 0 Å². The van der Waals surface area contributed by atoms with Crippen molar-refractivity contribution < 1.29 is 0 Å². The van der Waals surface area contributed by atoms with Crippen molar-refractivity contribution in [1.29, 1.82) is 0 Å². The van der Waals surface area contributed by atoms with E-state index in [4.69, 9.17) is 5.73 Å². The Bertz CT molecular complexity index is 491. The first-order chi connectivity index (χ1) is 8.27. The van der Waals surface area contributed by atoms with E-state index in [9.17, 15) is 0 Å². The van der Waals surface area contributed by atoms with Gasteiger partial charge in [-0.15, -0.1) is 5.10 Å². The largest absolute Gasteiger partial charge is 0.328 e. The Morgan fingerprint density at radius 3 is 2.82 bits per heavy atom. The highest BCUT2D eigenvalue weighted by Crippen LogP contribution is 2.25. The summed E-state index contributed by atoms with van der Waals surface area (Å²) in [5.74, 6) is 0.966. The molecule has 0 aliphatic rings. The van der Waals surface area contributed by atoms with E-state index in [1.54, 1.807) is 6.20 Å². The Morgan fingerprint density at radius 1 is 1.35 bits per heavy atom. The van der Waals surface area contributed by atoms with Crippen molar-refractivity contribution in [2.75, 3.05) is 11.9 Å². The number of rotatable bonds is 4. The molecule has 0 spiro atoms. The van der Waals surface area contributed by atoms with Crippen LogP contribution in [0.2, 0.25) is 0 Å². The zero-order valence-corrected chi connectivity index (χ0v) is 10.2.